The van der Waals surface area contributed by atoms with Crippen molar-refractivity contribution in [2.75, 3.05) is 9.80 Å². The van der Waals surface area contributed by atoms with Crippen LogP contribution in [-0.4, -0.2) is 18.0 Å². The topological polar surface area (TPSA) is 23.6 Å². The lowest BCUT2D eigenvalue weighted by molar-refractivity contribution is -0.117. The molecule has 27 heavy (non-hydrogen) atoms. The van der Waals surface area contributed by atoms with E-state index in [0.717, 1.165) is 17.7 Å². The third-order valence-corrected chi connectivity index (χ3v) is 4.88. The summed E-state index contributed by atoms with van der Waals surface area (Å²) >= 11 is 0. The van der Waals surface area contributed by atoms with Crippen molar-refractivity contribution < 1.29 is 4.79 Å². The summed E-state index contributed by atoms with van der Waals surface area (Å²) in [6.07, 6.45) is 1.57. The number of carbonyl (C=O) groups is 1. The number of hydrogen-bond donors (Lipinski definition) is 0. The van der Waals surface area contributed by atoms with E-state index >= 15 is 0 Å². The summed E-state index contributed by atoms with van der Waals surface area (Å²) in [7, 11) is 0. The quantitative estimate of drug-likeness (QED) is 0.693. The molecule has 0 radical (unpaired) electrons. The van der Waals surface area contributed by atoms with Gasteiger partial charge in [0.15, 0.2) is 0 Å². The number of benzene rings is 2. The highest BCUT2D eigenvalue weighted by atomic mass is 16.2. The first kappa shape index (κ1) is 20.8. The molecule has 2 aliphatic heterocycles. The molecule has 4 rings (SSSR count). The maximum atomic E-state index is 11.6. The Kier molecular flexibility index (Phi) is 6.48. The van der Waals surface area contributed by atoms with Crippen LogP contribution in [0.15, 0.2) is 60.8 Å². The van der Waals surface area contributed by atoms with Gasteiger partial charge in [-0.3, -0.25) is 4.79 Å². The minimum atomic E-state index is 0. The molecule has 2 aromatic rings. The number of amides is 1. The Bertz CT molecular complexity index is 753. The van der Waals surface area contributed by atoms with Crippen molar-refractivity contribution in [2.45, 2.75) is 60.0 Å². The highest BCUT2D eigenvalue weighted by Gasteiger charge is 2.28. The molecule has 144 valence electrons. The summed E-state index contributed by atoms with van der Waals surface area (Å²) in [4.78, 5) is 15.8. The zero-order chi connectivity index (χ0) is 18.8. The van der Waals surface area contributed by atoms with E-state index in [1.54, 1.807) is 0 Å². The van der Waals surface area contributed by atoms with Crippen LogP contribution in [0.5, 0.6) is 0 Å². The molecular weight excluding hydrogens is 332 g/mol. The van der Waals surface area contributed by atoms with E-state index in [1.165, 1.54) is 16.9 Å². The van der Waals surface area contributed by atoms with E-state index in [-0.39, 0.29) is 19.4 Å². The van der Waals surface area contributed by atoms with Crippen LogP contribution in [0.3, 0.4) is 0 Å². The van der Waals surface area contributed by atoms with Gasteiger partial charge in [-0.25, -0.2) is 0 Å². The molecular formula is C24H32N2O. The lowest BCUT2D eigenvalue weighted by Crippen LogP contribution is -2.33. The molecule has 2 aromatic carbocycles. The van der Waals surface area contributed by atoms with Crippen LogP contribution in [-0.2, 0) is 17.6 Å². The second-order valence-electron chi connectivity index (χ2n) is 7.50. The predicted molar refractivity (Wildman–Crippen MR) is 116 cm³/mol. The van der Waals surface area contributed by atoms with E-state index in [9.17, 15) is 4.79 Å². The number of rotatable bonds is 2. The van der Waals surface area contributed by atoms with Crippen molar-refractivity contribution in [3.8, 4) is 0 Å². The van der Waals surface area contributed by atoms with Gasteiger partial charge in [0.1, 0.15) is 0 Å². The van der Waals surface area contributed by atoms with E-state index in [4.69, 9.17) is 0 Å². The first-order valence-corrected chi connectivity index (χ1v) is 9.35. The van der Waals surface area contributed by atoms with Crippen LogP contribution in [0.1, 0.15) is 46.2 Å². The number of allylic oxidation sites excluding steroid dienone is 1. The van der Waals surface area contributed by atoms with Crippen molar-refractivity contribution in [1.29, 1.82) is 0 Å². The standard InChI is InChI=1S/C12H15N.C11H13NO.CH4/c1-9(2)13-10(3)8-11-6-4-5-7-12(11)13;1-8(2)12-10-6-4-3-5-9(10)7-11(12)13;/h4-7,9H,3,8H2,1-2H3;3-6,8H,7H2,1-2H3;1H4. The van der Waals surface area contributed by atoms with Gasteiger partial charge in [-0.2, -0.15) is 0 Å². The Hall–Kier alpha value is -2.55. The third-order valence-electron chi connectivity index (χ3n) is 4.88. The lowest BCUT2D eigenvalue weighted by Gasteiger charge is -2.25. The largest absolute Gasteiger partial charge is 0.343 e. The fraction of sp³-hybridized carbons (Fsp3) is 0.375. The van der Waals surface area contributed by atoms with Gasteiger partial charge in [-0.05, 0) is 51.0 Å². The molecule has 0 aliphatic carbocycles. The Morgan fingerprint density at radius 1 is 0.778 bits per heavy atom. The molecule has 0 unspecified atom stereocenters. The number of para-hydroxylation sites is 2. The predicted octanol–water partition coefficient (Wildman–Crippen LogP) is 5.59. The van der Waals surface area contributed by atoms with Crippen LogP contribution in [0.25, 0.3) is 0 Å². The maximum Gasteiger partial charge on any atom is 0.231 e. The van der Waals surface area contributed by atoms with Gasteiger partial charge in [0.2, 0.25) is 5.91 Å². The first-order chi connectivity index (χ1) is 12.4. The van der Waals surface area contributed by atoms with Crippen LogP contribution in [0.4, 0.5) is 11.4 Å². The van der Waals surface area contributed by atoms with Crippen molar-refractivity contribution in [1.82, 2.24) is 0 Å². The molecule has 3 nitrogen and oxygen atoms in total. The van der Waals surface area contributed by atoms with Gasteiger partial charge in [-0.1, -0.05) is 50.4 Å². The summed E-state index contributed by atoms with van der Waals surface area (Å²) in [6.45, 7) is 12.6. The molecule has 1 amide bonds. The lowest BCUT2D eigenvalue weighted by atomic mass is 10.1. The number of nitrogens with zero attached hydrogens (tertiary/aromatic N) is 2. The molecule has 0 saturated heterocycles. The Morgan fingerprint density at radius 2 is 1.22 bits per heavy atom. The number of hydrogen-bond acceptors (Lipinski definition) is 2. The summed E-state index contributed by atoms with van der Waals surface area (Å²) in [5.74, 6) is 0.219. The average molecular weight is 365 g/mol. The van der Waals surface area contributed by atoms with Gasteiger partial charge < -0.3 is 9.80 Å². The summed E-state index contributed by atoms with van der Waals surface area (Å²) in [5, 5.41) is 0. The molecule has 0 N–H and O–H groups in total. The fourth-order valence-corrected chi connectivity index (χ4v) is 3.86. The molecule has 0 fully saturated rings. The van der Waals surface area contributed by atoms with Crippen molar-refractivity contribution in [3.05, 3.63) is 71.9 Å². The van der Waals surface area contributed by atoms with E-state index in [0.29, 0.717) is 12.5 Å². The van der Waals surface area contributed by atoms with Crippen LogP contribution in [0.2, 0.25) is 0 Å². The molecule has 3 heteroatoms. The second-order valence-corrected chi connectivity index (χ2v) is 7.50. The van der Waals surface area contributed by atoms with Gasteiger partial charge in [0, 0.05) is 35.6 Å². The minimum absolute atomic E-state index is 0. The SMILES string of the molecule is C.C=C1Cc2ccccc2N1C(C)C.CC(C)N1C(=O)Cc2ccccc21. The zero-order valence-corrected chi connectivity index (χ0v) is 16.2. The van der Waals surface area contributed by atoms with Gasteiger partial charge in [0.05, 0.1) is 6.42 Å². The Morgan fingerprint density at radius 3 is 1.74 bits per heavy atom. The summed E-state index contributed by atoms with van der Waals surface area (Å²) in [5.41, 5.74) is 6.20. The molecule has 0 bridgehead atoms. The first-order valence-electron chi connectivity index (χ1n) is 9.35. The molecule has 0 spiro atoms. The molecule has 0 saturated carbocycles. The Labute approximate surface area is 164 Å². The molecule has 0 aromatic heterocycles. The number of anilines is 2. The van der Waals surface area contributed by atoms with Crippen molar-refractivity contribution >= 4 is 17.3 Å². The van der Waals surface area contributed by atoms with Gasteiger partial charge in [0.25, 0.3) is 0 Å². The van der Waals surface area contributed by atoms with Crippen molar-refractivity contribution in [3.63, 3.8) is 0 Å². The van der Waals surface area contributed by atoms with Gasteiger partial charge >= 0.3 is 0 Å². The second kappa shape index (κ2) is 8.43. The van der Waals surface area contributed by atoms with Crippen LogP contribution < -0.4 is 9.80 Å². The summed E-state index contributed by atoms with van der Waals surface area (Å²) in [6, 6.07) is 17.3. The smallest absolute Gasteiger partial charge is 0.231 e. The summed E-state index contributed by atoms with van der Waals surface area (Å²) < 4.78 is 0. The highest BCUT2D eigenvalue weighted by molar-refractivity contribution is 6.01. The van der Waals surface area contributed by atoms with Gasteiger partial charge in [-0.15, -0.1) is 0 Å². The normalized spacial score (nSPS) is 14.7. The van der Waals surface area contributed by atoms with Crippen LogP contribution in [0, 0.1) is 0 Å². The molecule has 2 heterocycles. The fourth-order valence-electron chi connectivity index (χ4n) is 3.86. The van der Waals surface area contributed by atoms with E-state index < -0.39 is 0 Å². The Balaban J connectivity index is 0.000000187. The monoisotopic (exact) mass is 364 g/mol. The number of carbonyl (C=O) groups excluding carboxylic acids is 1. The maximum absolute atomic E-state index is 11.6. The number of fused-ring (bicyclic) bond motifs is 2. The molecule has 2 aliphatic rings. The van der Waals surface area contributed by atoms with Crippen LogP contribution >= 0.6 is 0 Å². The van der Waals surface area contributed by atoms with E-state index in [1.807, 2.05) is 43.0 Å². The third kappa shape index (κ3) is 4.08. The minimum Gasteiger partial charge on any atom is -0.343 e. The highest BCUT2D eigenvalue weighted by Crippen LogP contribution is 2.34. The molecule has 0 atom stereocenters. The zero-order valence-electron chi connectivity index (χ0n) is 16.2. The van der Waals surface area contributed by atoms with E-state index in [2.05, 4.69) is 49.6 Å². The average Bonchev–Trinajstić information content (AvgIpc) is 3.10. The van der Waals surface area contributed by atoms with Crippen molar-refractivity contribution in [2.24, 2.45) is 0 Å².